The summed E-state index contributed by atoms with van der Waals surface area (Å²) in [5.74, 6) is -0.824. The number of halogens is 1. The molecule has 1 aliphatic carbocycles. The lowest BCUT2D eigenvalue weighted by molar-refractivity contribution is -0.127. The minimum absolute atomic E-state index is 0.108. The second-order valence-corrected chi connectivity index (χ2v) is 9.35. The molecule has 2 fully saturated rings. The van der Waals surface area contributed by atoms with E-state index in [1.807, 2.05) is 19.9 Å². The molecule has 2 aliphatic rings. The Hall–Kier alpha value is -2.97. The predicted octanol–water partition coefficient (Wildman–Crippen LogP) is 2.28. The molecule has 1 aromatic carbocycles. The van der Waals surface area contributed by atoms with Gasteiger partial charge in [-0.15, -0.1) is 0 Å². The van der Waals surface area contributed by atoms with E-state index in [1.165, 1.54) is 12.1 Å². The lowest BCUT2D eigenvalue weighted by Crippen LogP contribution is -2.51. The van der Waals surface area contributed by atoms with Gasteiger partial charge < -0.3 is 25.5 Å². The molecule has 0 bridgehead atoms. The molecule has 0 aromatic heterocycles. The van der Waals surface area contributed by atoms with Gasteiger partial charge in [0.1, 0.15) is 18.1 Å². The Morgan fingerprint density at radius 1 is 1.30 bits per heavy atom. The molecular weight excluding hydrogens is 429 g/mol. The van der Waals surface area contributed by atoms with Gasteiger partial charge in [-0.25, -0.2) is 9.18 Å². The highest BCUT2D eigenvalue weighted by atomic mass is 19.1. The maximum Gasteiger partial charge on any atom is 0.407 e. The van der Waals surface area contributed by atoms with Crippen molar-refractivity contribution in [3.05, 3.63) is 35.6 Å². The smallest absolute Gasteiger partial charge is 0.407 e. The van der Waals surface area contributed by atoms with Crippen LogP contribution < -0.4 is 16.0 Å². The second kappa shape index (κ2) is 11.2. The Balaban J connectivity index is 1.48. The summed E-state index contributed by atoms with van der Waals surface area (Å²) in [5, 5.41) is 7.95. The number of aldehydes is 1. The minimum atomic E-state index is -0.865. The molecule has 1 heterocycles. The molecule has 5 atom stereocenters. The maximum absolute atomic E-state index is 13.4. The van der Waals surface area contributed by atoms with Crippen LogP contribution in [0.3, 0.4) is 0 Å². The molecule has 1 saturated heterocycles. The largest absolute Gasteiger partial charge is 0.449 e. The van der Waals surface area contributed by atoms with Gasteiger partial charge in [-0.3, -0.25) is 9.59 Å². The first kappa shape index (κ1) is 24.7. The van der Waals surface area contributed by atoms with Crippen molar-refractivity contribution in [3.8, 4) is 0 Å². The van der Waals surface area contributed by atoms with E-state index < -0.39 is 24.1 Å². The fourth-order valence-electron chi connectivity index (χ4n) is 4.26. The number of carbonyl (C=O) groups is 4. The normalized spacial score (nSPS) is 23.4. The van der Waals surface area contributed by atoms with Crippen LogP contribution in [-0.4, -0.2) is 49.4 Å². The van der Waals surface area contributed by atoms with E-state index in [2.05, 4.69) is 16.0 Å². The Morgan fingerprint density at radius 2 is 2.09 bits per heavy atom. The van der Waals surface area contributed by atoms with Gasteiger partial charge >= 0.3 is 6.09 Å². The zero-order valence-corrected chi connectivity index (χ0v) is 19.0. The number of carbonyl (C=O) groups excluding carboxylic acids is 4. The van der Waals surface area contributed by atoms with Crippen molar-refractivity contribution in [2.45, 2.75) is 57.5 Å². The summed E-state index contributed by atoms with van der Waals surface area (Å²) in [4.78, 5) is 48.4. The molecule has 33 heavy (non-hydrogen) atoms. The quantitative estimate of drug-likeness (QED) is 0.438. The number of nitrogens with one attached hydrogen (secondary N) is 3. The monoisotopic (exact) mass is 461 g/mol. The van der Waals surface area contributed by atoms with Crippen molar-refractivity contribution < 1.29 is 28.3 Å². The molecule has 0 unspecified atom stereocenters. The van der Waals surface area contributed by atoms with Gasteiger partial charge in [-0.05, 0) is 55.2 Å². The number of hydrogen-bond acceptors (Lipinski definition) is 5. The van der Waals surface area contributed by atoms with E-state index in [0.29, 0.717) is 25.7 Å². The van der Waals surface area contributed by atoms with Gasteiger partial charge in [0, 0.05) is 18.4 Å². The van der Waals surface area contributed by atoms with Crippen molar-refractivity contribution >= 4 is 24.2 Å². The first-order chi connectivity index (χ1) is 15.8. The zero-order valence-electron chi connectivity index (χ0n) is 19.0. The molecule has 3 rings (SSSR count). The number of alkyl carbamates (subject to hydrolysis) is 1. The lowest BCUT2D eigenvalue weighted by Gasteiger charge is -2.23. The predicted molar refractivity (Wildman–Crippen MR) is 119 cm³/mol. The molecule has 1 saturated carbocycles. The van der Waals surface area contributed by atoms with Crippen LogP contribution in [0.5, 0.6) is 0 Å². The Kier molecular flexibility index (Phi) is 8.41. The molecule has 1 aliphatic heterocycles. The van der Waals surface area contributed by atoms with E-state index in [-0.39, 0.29) is 48.4 Å². The van der Waals surface area contributed by atoms with Crippen LogP contribution in [0.15, 0.2) is 24.3 Å². The van der Waals surface area contributed by atoms with Crippen LogP contribution >= 0.6 is 0 Å². The summed E-state index contributed by atoms with van der Waals surface area (Å²) in [6, 6.07) is 4.73. The summed E-state index contributed by atoms with van der Waals surface area (Å²) in [7, 11) is 0. The van der Waals surface area contributed by atoms with Crippen molar-refractivity contribution in [3.63, 3.8) is 0 Å². The molecule has 0 radical (unpaired) electrons. The van der Waals surface area contributed by atoms with Crippen LogP contribution in [0.25, 0.3) is 0 Å². The maximum atomic E-state index is 13.4. The average Bonchev–Trinajstić information content (AvgIpc) is 3.44. The van der Waals surface area contributed by atoms with Crippen molar-refractivity contribution in [2.24, 2.45) is 17.8 Å². The van der Waals surface area contributed by atoms with Gasteiger partial charge in [0.2, 0.25) is 11.8 Å². The lowest BCUT2D eigenvalue weighted by atomic mass is 9.98. The van der Waals surface area contributed by atoms with Gasteiger partial charge in [0.15, 0.2) is 0 Å². The highest BCUT2D eigenvalue weighted by molar-refractivity contribution is 5.88. The van der Waals surface area contributed by atoms with Crippen molar-refractivity contribution in [1.82, 2.24) is 16.0 Å². The standard InChI is InChI=1S/C24H32FN3O5/c1-14(2)8-21(23(31)27-19(12-29)10-16-6-7-26-22(16)30)28-24(32)33-13-17-11-20(17)15-4-3-5-18(25)9-15/h3-5,9,12,14,16-17,19-21H,6-8,10-11,13H2,1-2H3,(H,26,30)(H,27,31)(H,28,32)/t16-,17-,19-,20-,21-/m0/s1. The summed E-state index contributed by atoms with van der Waals surface area (Å²) in [6.45, 7) is 4.58. The topological polar surface area (TPSA) is 114 Å². The Morgan fingerprint density at radius 3 is 2.73 bits per heavy atom. The van der Waals surface area contributed by atoms with Crippen molar-refractivity contribution in [1.29, 1.82) is 0 Å². The molecule has 3 N–H and O–H groups in total. The number of amides is 3. The van der Waals surface area contributed by atoms with E-state index in [0.717, 1.165) is 12.0 Å². The molecule has 180 valence electrons. The third-order valence-electron chi connectivity index (χ3n) is 6.14. The molecule has 8 nitrogen and oxygen atoms in total. The number of hydrogen-bond donors (Lipinski definition) is 3. The summed E-state index contributed by atoms with van der Waals surface area (Å²) in [5.41, 5.74) is 0.886. The Bertz CT molecular complexity index is 877. The molecule has 3 amide bonds. The van der Waals surface area contributed by atoms with Crippen LogP contribution in [0.2, 0.25) is 0 Å². The minimum Gasteiger partial charge on any atom is -0.449 e. The van der Waals surface area contributed by atoms with E-state index in [4.69, 9.17) is 4.74 Å². The number of benzene rings is 1. The fourth-order valence-corrected chi connectivity index (χ4v) is 4.26. The first-order valence-electron chi connectivity index (χ1n) is 11.5. The van der Waals surface area contributed by atoms with Crippen LogP contribution in [0.1, 0.15) is 51.0 Å². The first-order valence-corrected chi connectivity index (χ1v) is 11.5. The second-order valence-electron chi connectivity index (χ2n) is 9.35. The van der Waals surface area contributed by atoms with E-state index in [9.17, 15) is 23.6 Å². The Labute approximate surface area is 193 Å². The van der Waals surface area contributed by atoms with Gasteiger partial charge in [-0.2, -0.15) is 0 Å². The fraction of sp³-hybridized carbons (Fsp3) is 0.583. The van der Waals surface area contributed by atoms with E-state index in [1.54, 1.807) is 6.07 Å². The molecule has 1 aromatic rings. The van der Waals surface area contributed by atoms with Gasteiger partial charge in [0.25, 0.3) is 0 Å². The van der Waals surface area contributed by atoms with E-state index >= 15 is 0 Å². The number of rotatable bonds is 11. The van der Waals surface area contributed by atoms with Gasteiger partial charge in [-0.1, -0.05) is 26.0 Å². The van der Waals surface area contributed by atoms with Crippen LogP contribution in [0, 0.1) is 23.6 Å². The van der Waals surface area contributed by atoms with Crippen LogP contribution in [-0.2, 0) is 19.1 Å². The zero-order chi connectivity index (χ0) is 24.0. The average molecular weight is 462 g/mol. The summed E-state index contributed by atoms with van der Waals surface area (Å²) in [6.07, 6.45) is 1.93. The third kappa shape index (κ3) is 7.27. The van der Waals surface area contributed by atoms with Crippen molar-refractivity contribution in [2.75, 3.05) is 13.2 Å². The highest BCUT2D eigenvalue weighted by Crippen LogP contribution is 2.47. The molecular formula is C24H32FN3O5. The van der Waals surface area contributed by atoms with Crippen LogP contribution in [0.4, 0.5) is 9.18 Å². The highest BCUT2D eigenvalue weighted by Gasteiger charge is 2.39. The molecule has 9 heteroatoms. The summed E-state index contributed by atoms with van der Waals surface area (Å²) >= 11 is 0. The third-order valence-corrected chi connectivity index (χ3v) is 6.14. The number of ether oxygens (including phenoxy) is 1. The summed E-state index contributed by atoms with van der Waals surface area (Å²) < 4.78 is 18.7. The molecule has 0 spiro atoms. The van der Waals surface area contributed by atoms with Gasteiger partial charge in [0.05, 0.1) is 12.6 Å². The SMILES string of the molecule is CC(C)C[C@H](NC(=O)OC[C@@H]1C[C@H]1c1cccc(F)c1)C(=O)N[C@H](C=O)C[C@@H]1CCNC1=O.